The lowest BCUT2D eigenvalue weighted by Crippen LogP contribution is -2.38. The van der Waals surface area contributed by atoms with E-state index in [1.165, 1.54) is 4.88 Å². The molecule has 0 spiro atoms. The van der Waals surface area contributed by atoms with Gasteiger partial charge in [0.1, 0.15) is 0 Å². The molecule has 1 N–H and O–H groups in total. The van der Waals surface area contributed by atoms with E-state index in [-0.39, 0.29) is 11.8 Å². The zero-order valence-electron chi connectivity index (χ0n) is 11.9. The predicted octanol–water partition coefficient (Wildman–Crippen LogP) is 1.50. The zero-order chi connectivity index (χ0) is 14.8. The molecule has 6 heteroatoms. The maximum atomic E-state index is 12.2. The van der Waals surface area contributed by atoms with Crippen LogP contribution in [0.5, 0.6) is 0 Å². The van der Waals surface area contributed by atoms with Crippen LogP contribution in [0.15, 0.2) is 17.5 Å². The molecule has 1 aromatic heterocycles. The minimum atomic E-state index is -0.804. The molecule has 2 heterocycles. The van der Waals surface area contributed by atoms with Crippen LogP contribution in [0.1, 0.15) is 17.7 Å². The van der Waals surface area contributed by atoms with E-state index in [4.69, 9.17) is 0 Å². The molecule has 5 nitrogen and oxygen atoms in total. The molecular weight excluding hydrogens is 288 g/mol. The van der Waals surface area contributed by atoms with E-state index < -0.39 is 11.9 Å². The van der Waals surface area contributed by atoms with E-state index in [1.54, 1.807) is 16.2 Å². The van der Waals surface area contributed by atoms with Gasteiger partial charge in [-0.2, -0.15) is 0 Å². The van der Waals surface area contributed by atoms with Crippen molar-refractivity contribution >= 4 is 23.2 Å². The van der Waals surface area contributed by atoms with Crippen molar-refractivity contribution in [1.82, 2.24) is 9.80 Å². The third-order valence-corrected chi connectivity index (χ3v) is 5.01. The van der Waals surface area contributed by atoms with Crippen molar-refractivity contribution in [3.8, 4) is 0 Å². The number of thiophene rings is 1. The normalized spacial score (nSPS) is 23.8. The number of rotatable bonds is 4. The summed E-state index contributed by atoms with van der Waals surface area (Å²) in [6, 6.07) is 4.08. The summed E-state index contributed by atoms with van der Waals surface area (Å²) in [7, 11) is 0. The summed E-state index contributed by atoms with van der Waals surface area (Å²) in [6.07, 6.45) is 1.93. The topological polar surface area (TPSA) is 60.9 Å². The molecule has 0 bridgehead atoms. The highest BCUT2D eigenvalue weighted by atomic mass is 32.1. The van der Waals surface area contributed by atoms with Crippen LogP contribution in [0.4, 0.5) is 0 Å². The molecule has 1 atom stereocenters. The van der Waals surface area contributed by atoms with E-state index in [1.807, 2.05) is 11.4 Å². The Hall–Kier alpha value is -1.40. The highest BCUT2D eigenvalue weighted by Crippen LogP contribution is 2.31. The SMILES string of the molecule is O=C(O)C1CN(Cc2cccs2)CCN(C(=O)C2CC2)C1. The van der Waals surface area contributed by atoms with E-state index in [0.717, 1.165) is 25.9 Å². The average Bonchev–Trinajstić information content (AvgIpc) is 3.22. The molecule has 1 saturated heterocycles. The lowest BCUT2D eigenvalue weighted by Gasteiger charge is -2.22. The second kappa shape index (κ2) is 6.15. The van der Waals surface area contributed by atoms with Gasteiger partial charge in [0, 0.05) is 43.5 Å². The van der Waals surface area contributed by atoms with Crippen LogP contribution in [0, 0.1) is 11.8 Å². The molecule has 21 heavy (non-hydrogen) atoms. The minimum Gasteiger partial charge on any atom is -0.481 e. The van der Waals surface area contributed by atoms with Crippen LogP contribution in [0.25, 0.3) is 0 Å². The fraction of sp³-hybridized carbons (Fsp3) is 0.600. The van der Waals surface area contributed by atoms with Crippen molar-refractivity contribution in [2.75, 3.05) is 26.2 Å². The lowest BCUT2D eigenvalue weighted by atomic mass is 10.1. The van der Waals surface area contributed by atoms with Crippen molar-refractivity contribution in [2.24, 2.45) is 11.8 Å². The highest BCUT2D eigenvalue weighted by molar-refractivity contribution is 7.09. The first-order chi connectivity index (χ1) is 10.1. The van der Waals surface area contributed by atoms with Gasteiger partial charge in [0.25, 0.3) is 0 Å². The Morgan fingerprint density at radius 1 is 1.24 bits per heavy atom. The summed E-state index contributed by atoms with van der Waals surface area (Å²) in [5, 5.41) is 11.4. The Kier molecular flexibility index (Phi) is 4.26. The van der Waals surface area contributed by atoms with Crippen molar-refractivity contribution in [2.45, 2.75) is 19.4 Å². The number of aliphatic carboxylic acids is 1. The molecule has 0 radical (unpaired) electrons. The number of hydrogen-bond donors (Lipinski definition) is 1. The largest absolute Gasteiger partial charge is 0.481 e. The number of carboxylic acid groups (broad SMARTS) is 1. The van der Waals surface area contributed by atoms with Gasteiger partial charge in [0.05, 0.1) is 5.92 Å². The average molecular weight is 308 g/mol. The molecule has 114 valence electrons. The van der Waals surface area contributed by atoms with E-state index in [0.29, 0.717) is 19.6 Å². The van der Waals surface area contributed by atoms with Crippen molar-refractivity contribution in [1.29, 1.82) is 0 Å². The zero-order valence-corrected chi connectivity index (χ0v) is 12.7. The van der Waals surface area contributed by atoms with Gasteiger partial charge in [-0.15, -0.1) is 11.3 Å². The standard InChI is InChI=1S/C15H20N2O3S/c18-14(11-3-4-11)17-6-5-16(8-12(9-17)15(19)20)10-13-2-1-7-21-13/h1-2,7,11-12H,3-6,8-10H2,(H,19,20). The molecule has 1 aliphatic heterocycles. The summed E-state index contributed by atoms with van der Waals surface area (Å²) in [5.41, 5.74) is 0. The summed E-state index contributed by atoms with van der Waals surface area (Å²) in [5.74, 6) is -0.987. The van der Waals surface area contributed by atoms with Gasteiger partial charge in [0.15, 0.2) is 0 Å². The quantitative estimate of drug-likeness (QED) is 0.916. The van der Waals surface area contributed by atoms with E-state index >= 15 is 0 Å². The summed E-state index contributed by atoms with van der Waals surface area (Å²) in [4.78, 5) is 28.8. The predicted molar refractivity (Wildman–Crippen MR) is 80.0 cm³/mol. The fourth-order valence-electron chi connectivity index (χ4n) is 2.79. The van der Waals surface area contributed by atoms with Gasteiger partial charge in [-0.3, -0.25) is 14.5 Å². The number of amides is 1. The van der Waals surface area contributed by atoms with Crippen LogP contribution in [-0.4, -0.2) is 53.0 Å². The smallest absolute Gasteiger partial charge is 0.309 e. The molecule has 3 rings (SSSR count). The summed E-state index contributed by atoms with van der Waals surface area (Å²) in [6.45, 7) is 3.03. The maximum Gasteiger partial charge on any atom is 0.309 e. The highest BCUT2D eigenvalue weighted by Gasteiger charge is 2.37. The van der Waals surface area contributed by atoms with Crippen LogP contribution in [-0.2, 0) is 16.1 Å². The van der Waals surface area contributed by atoms with Crippen molar-refractivity contribution < 1.29 is 14.7 Å². The fourth-order valence-corrected chi connectivity index (χ4v) is 3.54. The number of carboxylic acids is 1. The molecule has 2 fully saturated rings. The van der Waals surface area contributed by atoms with Gasteiger partial charge >= 0.3 is 5.97 Å². The van der Waals surface area contributed by atoms with Gasteiger partial charge in [0.2, 0.25) is 5.91 Å². The van der Waals surface area contributed by atoms with E-state index in [9.17, 15) is 14.7 Å². The number of nitrogens with zero attached hydrogens (tertiary/aromatic N) is 2. The molecule has 1 aromatic rings. The Balaban J connectivity index is 1.67. The Bertz CT molecular complexity index is 513. The monoisotopic (exact) mass is 308 g/mol. The minimum absolute atomic E-state index is 0.152. The van der Waals surface area contributed by atoms with Crippen LogP contribution in [0.3, 0.4) is 0 Å². The Morgan fingerprint density at radius 2 is 2.05 bits per heavy atom. The van der Waals surface area contributed by atoms with Gasteiger partial charge in [-0.25, -0.2) is 0 Å². The third kappa shape index (κ3) is 3.63. The summed E-state index contributed by atoms with van der Waals surface area (Å²) >= 11 is 1.69. The second-order valence-corrected chi connectivity index (χ2v) is 6.94. The molecule has 1 amide bonds. The maximum absolute atomic E-state index is 12.2. The van der Waals surface area contributed by atoms with Gasteiger partial charge < -0.3 is 10.0 Å². The summed E-state index contributed by atoms with van der Waals surface area (Å²) < 4.78 is 0. The molecule has 1 unspecified atom stereocenters. The first-order valence-corrected chi connectivity index (χ1v) is 8.28. The molecular formula is C15H20N2O3S. The lowest BCUT2D eigenvalue weighted by molar-refractivity contribution is -0.143. The third-order valence-electron chi connectivity index (χ3n) is 4.15. The van der Waals surface area contributed by atoms with Crippen LogP contribution in [0.2, 0.25) is 0 Å². The first kappa shape index (κ1) is 14.5. The van der Waals surface area contributed by atoms with Crippen molar-refractivity contribution in [3.63, 3.8) is 0 Å². The van der Waals surface area contributed by atoms with Crippen LogP contribution >= 0.6 is 11.3 Å². The molecule has 1 saturated carbocycles. The molecule has 0 aromatic carbocycles. The second-order valence-electron chi connectivity index (χ2n) is 5.91. The van der Waals surface area contributed by atoms with Gasteiger partial charge in [-0.1, -0.05) is 6.07 Å². The Labute approximate surface area is 128 Å². The van der Waals surface area contributed by atoms with Gasteiger partial charge in [-0.05, 0) is 24.3 Å². The number of carbonyl (C=O) groups is 2. The molecule has 2 aliphatic rings. The number of hydrogen-bond acceptors (Lipinski definition) is 4. The van der Waals surface area contributed by atoms with Crippen molar-refractivity contribution in [3.05, 3.63) is 22.4 Å². The van der Waals surface area contributed by atoms with E-state index in [2.05, 4.69) is 11.0 Å². The Morgan fingerprint density at radius 3 is 2.67 bits per heavy atom. The van der Waals surface area contributed by atoms with Crippen LogP contribution < -0.4 is 0 Å². The molecule has 1 aliphatic carbocycles. The first-order valence-electron chi connectivity index (χ1n) is 7.40. The number of carbonyl (C=O) groups excluding carboxylic acids is 1.